The molecule has 0 radical (unpaired) electrons. The van der Waals surface area contributed by atoms with Gasteiger partial charge in [0.05, 0.1) is 6.07 Å². The lowest BCUT2D eigenvalue weighted by atomic mass is 9.96. The summed E-state index contributed by atoms with van der Waals surface area (Å²) in [5.74, 6) is -0.586. The Labute approximate surface area is 123 Å². The van der Waals surface area contributed by atoms with Crippen LogP contribution in [0, 0.1) is 23.2 Å². The standard InChI is InChI=1S/C15H19BrN2O/c1-11(2)14(10-17)15(19)18(3)9-8-12-4-6-13(16)7-5-12/h4-7,11,14H,8-9H2,1-3H3. The monoisotopic (exact) mass is 322 g/mol. The van der Waals surface area contributed by atoms with Crippen LogP contribution in [0.5, 0.6) is 0 Å². The summed E-state index contributed by atoms with van der Waals surface area (Å²) in [6.07, 6.45) is 0.797. The minimum atomic E-state index is -0.546. The van der Waals surface area contributed by atoms with Gasteiger partial charge in [-0.25, -0.2) is 0 Å². The number of carbonyl (C=O) groups is 1. The van der Waals surface area contributed by atoms with E-state index in [0.29, 0.717) is 6.54 Å². The molecule has 0 spiro atoms. The van der Waals surface area contributed by atoms with Gasteiger partial charge in [0.1, 0.15) is 5.92 Å². The lowest BCUT2D eigenvalue weighted by Gasteiger charge is -2.22. The summed E-state index contributed by atoms with van der Waals surface area (Å²) >= 11 is 3.39. The normalized spacial score (nSPS) is 12.0. The van der Waals surface area contributed by atoms with Crippen molar-refractivity contribution in [3.8, 4) is 6.07 Å². The van der Waals surface area contributed by atoms with Gasteiger partial charge in [0.15, 0.2) is 0 Å². The molecule has 19 heavy (non-hydrogen) atoms. The van der Waals surface area contributed by atoms with E-state index in [2.05, 4.69) is 22.0 Å². The van der Waals surface area contributed by atoms with Crippen molar-refractivity contribution in [3.63, 3.8) is 0 Å². The van der Waals surface area contributed by atoms with Gasteiger partial charge in [-0.05, 0) is 30.0 Å². The molecule has 1 rings (SSSR count). The van der Waals surface area contributed by atoms with Crippen LogP contribution in [0.15, 0.2) is 28.7 Å². The molecule has 0 aliphatic heterocycles. The SMILES string of the molecule is CC(C)C(C#N)C(=O)N(C)CCc1ccc(Br)cc1. The van der Waals surface area contributed by atoms with Crippen LogP contribution in [-0.2, 0) is 11.2 Å². The lowest BCUT2D eigenvalue weighted by molar-refractivity contribution is -0.133. The highest BCUT2D eigenvalue weighted by molar-refractivity contribution is 9.10. The summed E-state index contributed by atoms with van der Waals surface area (Å²) < 4.78 is 1.05. The van der Waals surface area contributed by atoms with Gasteiger partial charge >= 0.3 is 0 Å². The number of likely N-dealkylation sites (N-methyl/N-ethyl adjacent to an activating group) is 1. The van der Waals surface area contributed by atoms with Crippen molar-refractivity contribution in [2.45, 2.75) is 20.3 Å². The zero-order valence-electron chi connectivity index (χ0n) is 11.6. The Morgan fingerprint density at radius 1 is 1.37 bits per heavy atom. The molecule has 0 bridgehead atoms. The number of hydrogen-bond acceptors (Lipinski definition) is 2. The van der Waals surface area contributed by atoms with Crippen molar-refractivity contribution >= 4 is 21.8 Å². The van der Waals surface area contributed by atoms with E-state index in [9.17, 15) is 4.79 Å². The van der Waals surface area contributed by atoms with Crippen molar-refractivity contribution in [2.24, 2.45) is 11.8 Å². The largest absolute Gasteiger partial charge is 0.344 e. The first-order chi connectivity index (χ1) is 8.95. The molecule has 0 aromatic heterocycles. The number of halogens is 1. The summed E-state index contributed by atoms with van der Waals surface area (Å²) in [7, 11) is 1.76. The predicted molar refractivity (Wildman–Crippen MR) is 79.4 cm³/mol. The number of amides is 1. The third-order valence-electron chi connectivity index (χ3n) is 3.10. The molecule has 4 heteroatoms. The minimum absolute atomic E-state index is 0.0487. The Kier molecular flexibility index (Phi) is 6.04. The van der Waals surface area contributed by atoms with Crippen LogP contribution in [0.4, 0.5) is 0 Å². The fourth-order valence-electron chi connectivity index (χ4n) is 1.78. The first-order valence-corrected chi connectivity index (χ1v) is 7.14. The maximum absolute atomic E-state index is 12.1. The van der Waals surface area contributed by atoms with Gasteiger partial charge in [-0.2, -0.15) is 5.26 Å². The molecule has 0 saturated carbocycles. The second kappa shape index (κ2) is 7.30. The van der Waals surface area contributed by atoms with Crippen molar-refractivity contribution < 1.29 is 4.79 Å². The topological polar surface area (TPSA) is 44.1 Å². The second-order valence-electron chi connectivity index (χ2n) is 4.99. The van der Waals surface area contributed by atoms with E-state index in [0.717, 1.165) is 10.9 Å². The summed E-state index contributed by atoms with van der Waals surface area (Å²) in [5, 5.41) is 9.03. The smallest absolute Gasteiger partial charge is 0.239 e. The van der Waals surface area contributed by atoms with Gasteiger partial charge in [-0.15, -0.1) is 0 Å². The van der Waals surface area contributed by atoms with E-state index in [-0.39, 0.29) is 11.8 Å². The van der Waals surface area contributed by atoms with Crippen LogP contribution in [0.25, 0.3) is 0 Å². The van der Waals surface area contributed by atoms with Crippen LogP contribution < -0.4 is 0 Å². The average molecular weight is 323 g/mol. The summed E-state index contributed by atoms with van der Waals surface area (Å²) in [4.78, 5) is 13.7. The van der Waals surface area contributed by atoms with Crippen LogP contribution >= 0.6 is 15.9 Å². The van der Waals surface area contributed by atoms with Gasteiger partial charge in [0.25, 0.3) is 0 Å². The summed E-state index contributed by atoms with van der Waals surface area (Å²) in [6, 6.07) is 10.1. The first kappa shape index (κ1) is 15.7. The third kappa shape index (κ3) is 4.68. The maximum Gasteiger partial charge on any atom is 0.239 e. The molecular formula is C15H19BrN2O. The third-order valence-corrected chi connectivity index (χ3v) is 3.63. The van der Waals surface area contributed by atoms with Crippen molar-refractivity contribution in [1.82, 2.24) is 4.90 Å². The van der Waals surface area contributed by atoms with Gasteiger partial charge in [-0.1, -0.05) is 41.9 Å². The molecule has 0 saturated heterocycles. The maximum atomic E-state index is 12.1. The zero-order valence-corrected chi connectivity index (χ0v) is 13.1. The van der Waals surface area contributed by atoms with E-state index in [1.807, 2.05) is 38.1 Å². The molecule has 1 atom stereocenters. The van der Waals surface area contributed by atoms with Gasteiger partial charge in [0.2, 0.25) is 5.91 Å². The Bertz CT molecular complexity index is 462. The van der Waals surface area contributed by atoms with Gasteiger partial charge < -0.3 is 4.90 Å². The number of rotatable bonds is 5. The lowest BCUT2D eigenvalue weighted by Crippen LogP contribution is -2.36. The molecule has 0 fully saturated rings. The molecule has 0 N–H and O–H groups in total. The fourth-order valence-corrected chi connectivity index (χ4v) is 2.05. The molecule has 1 aromatic carbocycles. The minimum Gasteiger partial charge on any atom is -0.344 e. The van der Waals surface area contributed by atoms with E-state index >= 15 is 0 Å². The number of nitrogens with zero attached hydrogens (tertiary/aromatic N) is 2. The predicted octanol–water partition coefficient (Wildman–Crippen LogP) is 3.25. The molecule has 0 aliphatic carbocycles. The Morgan fingerprint density at radius 3 is 2.42 bits per heavy atom. The number of nitriles is 1. The molecule has 1 amide bonds. The molecule has 1 aromatic rings. The highest BCUT2D eigenvalue weighted by atomic mass is 79.9. The van der Waals surface area contributed by atoms with Crippen LogP contribution in [0.1, 0.15) is 19.4 Å². The highest BCUT2D eigenvalue weighted by Crippen LogP contribution is 2.14. The van der Waals surface area contributed by atoms with Crippen molar-refractivity contribution in [1.29, 1.82) is 5.26 Å². The van der Waals surface area contributed by atoms with E-state index < -0.39 is 5.92 Å². The molecule has 0 heterocycles. The Balaban J connectivity index is 2.55. The number of benzene rings is 1. The average Bonchev–Trinajstić information content (AvgIpc) is 2.38. The van der Waals surface area contributed by atoms with Gasteiger partial charge in [0, 0.05) is 18.1 Å². The van der Waals surface area contributed by atoms with Crippen LogP contribution in [-0.4, -0.2) is 24.4 Å². The van der Waals surface area contributed by atoms with E-state index in [1.165, 1.54) is 5.56 Å². The van der Waals surface area contributed by atoms with Crippen molar-refractivity contribution in [2.75, 3.05) is 13.6 Å². The van der Waals surface area contributed by atoms with Crippen molar-refractivity contribution in [3.05, 3.63) is 34.3 Å². The number of hydrogen-bond donors (Lipinski definition) is 0. The van der Waals surface area contributed by atoms with Gasteiger partial charge in [-0.3, -0.25) is 4.79 Å². The Hall–Kier alpha value is -1.34. The molecule has 102 valence electrons. The zero-order chi connectivity index (χ0) is 14.4. The first-order valence-electron chi connectivity index (χ1n) is 6.34. The van der Waals surface area contributed by atoms with E-state index in [1.54, 1.807) is 11.9 Å². The Morgan fingerprint density at radius 2 is 1.95 bits per heavy atom. The molecule has 3 nitrogen and oxygen atoms in total. The quantitative estimate of drug-likeness (QED) is 0.835. The molecular weight excluding hydrogens is 304 g/mol. The molecule has 0 aliphatic rings. The van der Waals surface area contributed by atoms with Crippen LogP contribution in [0.2, 0.25) is 0 Å². The number of carbonyl (C=O) groups excluding carboxylic acids is 1. The van der Waals surface area contributed by atoms with E-state index in [4.69, 9.17) is 5.26 Å². The molecule has 1 unspecified atom stereocenters. The second-order valence-corrected chi connectivity index (χ2v) is 5.90. The summed E-state index contributed by atoms with van der Waals surface area (Å²) in [5.41, 5.74) is 1.18. The summed E-state index contributed by atoms with van der Waals surface area (Å²) in [6.45, 7) is 4.42. The fraction of sp³-hybridized carbons (Fsp3) is 0.467. The van der Waals surface area contributed by atoms with Crippen LogP contribution in [0.3, 0.4) is 0 Å². The highest BCUT2D eigenvalue weighted by Gasteiger charge is 2.24.